The molecule has 14 heavy (non-hydrogen) atoms. The lowest BCUT2D eigenvalue weighted by Crippen LogP contribution is -2.15. The smallest absolute Gasteiger partial charge is 0.0810 e. The number of nitrogens with zero attached hydrogens (tertiary/aromatic N) is 2. The summed E-state index contributed by atoms with van der Waals surface area (Å²) in [5.74, 6) is 0. The monoisotopic (exact) mass is 245 g/mol. The maximum absolute atomic E-state index is 6.06. The van der Waals surface area contributed by atoms with Crippen LogP contribution in [0.3, 0.4) is 0 Å². The molecule has 1 N–H and O–H groups in total. The summed E-state index contributed by atoms with van der Waals surface area (Å²) in [6.45, 7) is 0. The van der Waals surface area contributed by atoms with E-state index >= 15 is 0 Å². The van der Waals surface area contributed by atoms with Crippen LogP contribution >= 0.6 is 34.5 Å². The van der Waals surface area contributed by atoms with E-state index < -0.39 is 0 Å². The van der Waals surface area contributed by atoms with Gasteiger partial charge >= 0.3 is 0 Å². The number of thiophene rings is 1. The van der Waals surface area contributed by atoms with Crippen LogP contribution in [0.4, 0.5) is 0 Å². The second kappa shape index (κ2) is 4.35. The summed E-state index contributed by atoms with van der Waals surface area (Å²) >= 11 is 9.09. The third-order valence-corrected chi connectivity index (χ3v) is 4.01. The first-order valence-electron chi connectivity index (χ1n) is 4.00. The summed E-state index contributed by atoms with van der Waals surface area (Å²) in [6.07, 6.45) is 1.77. The van der Waals surface area contributed by atoms with E-state index in [2.05, 4.69) is 14.9 Å². The summed E-state index contributed by atoms with van der Waals surface area (Å²) in [6, 6.07) is 2.02. The first kappa shape index (κ1) is 10.0. The van der Waals surface area contributed by atoms with E-state index in [1.165, 1.54) is 11.5 Å². The predicted octanol–water partition coefficient (Wildman–Crippen LogP) is 2.56. The number of rotatable bonds is 3. The second-order valence-electron chi connectivity index (χ2n) is 2.67. The van der Waals surface area contributed by atoms with E-state index in [-0.39, 0.29) is 6.04 Å². The van der Waals surface area contributed by atoms with Gasteiger partial charge in [-0.15, -0.1) is 16.4 Å². The molecule has 0 radical (unpaired) electrons. The normalized spacial score (nSPS) is 13.0. The lowest BCUT2D eigenvalue weighted by Gasteiger charge is -2.11. The number of aromatic nitrogens is 2. The molecule has 3 nitrogen and oxygen atoms in total. The zero-order valence-corrected chi connectivity index (χ0v) is 9.79. The van der Waals surface area contributed by atoms with Crippen molar-refractivity contribution in [3.05, 3.63) is 32.4 Å². The third kappa shape index (κ3) is 1.81. The lowest BCUT2D eigenvalue weighted by molar-refractivity contribution is 0.714. The molecule has 0 spiro atoms. The molecule has 1 unspecified atom stereocenters. The molecule has 2 aromatic heterocycles. The van der Waals surface area contributed by atoms with Crippen molar-refractivity contribution in [1.82, 2.24) is 14.9 Å². The first-order chi connectivity index (χ1) is 6.83. The highest BCUT2D eigenvalue weighted by molar-refractivity contribution is 7.11. The minimum absolute atomic E-state index is 0.113. The van der Waals surface area contributed by atoms with E-state index in [0.29, 0.717) is 0 Å². The first-order valence-corrected chi connectivity index (χ1v) is 6.03. The van der Waals surface area contributed by atoms with Gasteiger partial charge in [0.25, 0.3) is 0 Å². The minimum atomic E-state index is 0.113. The Balaban J connectivity index is 2.36. The minimum Gasteiger partial charge on any atom is -0.308 e. The van der Waals surface area contributed by atoms with Gasteiger partial charge in [-0.3, -0.25) is 0 Å². The molecule has 6 heteroatoms. The molecule has 1 atom stereocenters. The quantitative estimate of drug-likeness (QED) is 0.903. The maximum Gasteiger partial charge on any atom is 0.0810 e. The van der Waals surface area contributed by atoms with Crippen molar-refractivity contribution in [2.45, 2.75) is 6.04 Å². The van der Waals surface area contributed by atoms with Crippen molar-refractivity contribution < 1.29 is 0 Å². The summed E-state index contributed by atoms with van der Waals surface area (Å²) in [7, 11) is 1.90. The summed E-state index contributed by atoms with van der Waals surface area (Å²) in [5.41, 5.74) is 0. The van der Waals surface area contributed by atoms with Crippen LogP contribution in [0.2, 0.25) is 5.02 Å². The number of nitrogens with one attached hydrogen (secondary N) is 1. The fourth-order valence-electron chi connectivity index (χ4n) is 1.22. The predicted molar refractivity (Wildman–Crippen MR) is 60.1 cm³/mol. The largest absolute Gasteiger partial charge is 0.308 e. The molecule has 2 heterocycles. The molecule has 0 fully saturated rings. The van der Waals surface area contributed by atoms with Gasteiger partial charge in [-0.1, -0.05) is 16.1 Å². The Kier molecular flexibility index (Phi) is 3.12. The fraction of sp³-hybridized carbons (Fsp3) is 0.250. The van der Waals surface area contributed by atoms with Gasteiger partial charge in [0, 0.05) is 4.88 Å². The summed E-state index contributed by atoms with van der Waals surface area (Å²) < 4.78 is 3.84. The highest BCUT2D eigenvalue weighted by atomic mass is 35.5. The third-order valence-electron chi connectivity index (χ3n) is 1.86. The SMILES string of the molecule is CNC(c1cnns1)c1sccc1Cl. The van der Waals surface area contributed by atoms with Crippen LogP contribution in [-0.4, -0.2) is 16.6 Å². The van der Waals surface area contributed by atoms with Gasteiger partial charge < -0.3 is 5.32 Å². The summed E-state index contributed by atoms with van der Waals surface area (Å²) in [4.78, 5) is 2.19. The van der Waals surface area contributed by atoms with Crippen LogP contribution in [0, 0.1) is 0 Å². The van der Waals surface area contributed by atoms with Gasteiger partial charge in [0.15, 0.2) is 0 Å². The van der Waals surface area contributed by atoms with E-state index in [0.717, 1.165) is 14.8 Å². The average Bonchev–Trinajstić information content (AvgIpc) is 2.80. The fourth-order valence-corrected chi connectivity index (χ4v) is 3.21. The lowest BCUT2D eigenvalue weighted by atomic mass is 10.2. The Morgan fingerprint density at radius 2 is 2.43 bits per heavy atom. The van der Waals surface area contributed by atoms with Gasteiger partial charge in [0.2, 0.25) is 0 Å². The van der Waals surface area contributed by atoms with E-state index in [4.69, 9.17) is 11.6 Å². The Hall–Kier alpha value is -0.490. The molecule has 0 aliphatic rings. The summed E-state index contributed by atoms with van der Waals surface area (Å²) in [5, 5.41) is 9.80. The molecule has 0 amide bonds. The maximum atomic E-state index is 6.06. The van der Waals surface area contributed by atoms with Gasteiger partial charge in [0.1, 0.15) is 0 Å². The standard InChI is InChI=1S/C8H8ClN3S2/c1-10-7(6-4-11-12-14-6)8-5(9)2-3-13-8/h2-4,7,10H,1H3. The van der Waals surface area contributed by atoms with Crippen molar-refractivity contribution in [1.29, 1.82) is 0 Å². The Labute approximate surface area is 94.9 Å². The molecular formula is C8H8ClN3S2. The van der Waals surface area contributed by atoms with Crippen molar-refractivity contribution in [3.8, 4) is 0 Å². The molecule has 0 saturated carbocycles. The van der Waals surface area contributed by atoms with Crippen LogP contribution < -0.4 is 5.32 Å². The molecule has 0 saturated heterocycles. The van der Waals surface area contributed by atoms with Crippen LogP contribution in [0.1, 0.15) is 15.8 Å². The van der Waals surface area contributed by atoms with Crippen molar-refractivity contribution in [3.63, 3.8) is 0 Å². The molecular weight excluding hydrogens is 238 g/mol. The van der Waals surface area contributed by atoms with Gasteiger partial charge in [-0.2, -0.15) is 0 Å². The van der Waals surface area contributed by atoms with Crippen LogP contribution in [0.15, 0.2) is 17.6 Å². The van der Waals surface area contributed by atoms with E-state index in [1.54, 1.807) is 17.5 Å². The molecule has 0 bridgehead atoms. The Morgan fingerprint density at radius 3 is 2.93 bits per heavy atom. The van der Waals surface area contributed by atoms with Crippen molar-refractivity contribution >= 4 is 34.5 Å². The van der Waals surface area contributed by atoms with E-state index in [1.807, 2.05) is 18.5 Å². The molecule has 2 rings (SSSR count). The van der Waals surface area contributed by atoms with Crippen LogP contribution in [0.5, 0.6) is 0 Å². The van der Waals surface area contributed by atoms with Crippen molar-refractivity contribution in [2.75, 3.05) is 7.05 Å². The Bertz CT molecular complexity index is 398. The van der Waals surface area contributed by atoms with Gasteiger partial charge in [0.05, 0.1) is 22.1 Å². The molecule has 74 valence electrons. The average molecular weight is 246 g/mol. The molecule has 0 aromatic carbocycles. The number of hydrogen-bond donors (Lipinski definition) is 1. The van der Waals surface area contributed by atoms with Crippen molar-refractivity contribution in [2.24, 2.45) is 0 Å². The van der Waals surface area contributed by atoms with Crippen LogP contribution in [0.25, 0.3) is 0 Å². The van der Waals surface area contributed by atoms with Gasteiger partial charge in [-0.05, 0) is 30.0 Å². The number of halogens is 1. The van der Waals surface area contributed by atoms with Crippen LogP contribution in [-0.2, 0) is 0 Å². The van der Waals surface area contributed by atoms with Gasteiger partial charge in [-0.25, -0.2) is 0 Å². The number of hydrogen-bond acceptors (Lipinski definition) is 5. The molecule has 0 aliphatic heterocycles. The Morgan fingerprint density at radius 1 is 1.57 bits per heavy atom. The van der Waals surface area contributed by atoms with E-state index in [9.17, 15) is 0 Å². The zero-order chi connectivity index (χ0) is 9.97. The topological polar surface area (TPSA) is 37.8 Å². The zero-order valence-electron chi connectivity index (χ0n) is 7.40. The molecule has 0 aliphatic carbocycles. The molecule has 2 aromatic rings. The highest BCUT2D eigenvalue weighted by Crippen LogP contribution is 2.33. The highest BCUT2D eigenvalue weighted by Gasteiger charge is 2.18. The second-order valence-corrected chi connectivity index (χ2v) is 4.85.